The van der Waals surface area contributed by atoms with Gasteiger partial charge in [-0.2, -0.15) is 4.98 Å². The highest BCUT2D eigenvalue weighted by Crippen LogP contribution is 2.43. The first kappa shape index (κ1) is 16.3. The van der Waals surface area contributed by atoms with Crippen molar-refractivity contribution in [2.24, 2.45) is 0 Å². The van der Waals surface area contributed by atoms with Gasteiger partial charge < -0.3 is 9.42 Å². The number of aromatic nitrogens is 5. The largest absolute Gasteiger partial charge is 0.333 e. The number of rotatable bonds is 2. The third-order valence-electron chi connectivity index (χ3n) is 4.85. The lowest BCUT2D eigenvalue weighted by Crippen LogP contribution is -2.28. The zero-order valence-corrected chi connectivity index (χ0v) is 15.5. The second kappa shape index (κ2) is 5.89. The molecule has 2 aliphatic rings. The Morgan fingerprint density at radius 1 is 1.00 bits per heavy atom. The van der Waals surface area contributed by atoms with Gasteiger partial charge in [-0.1, -0.05) is 17.3 Å². The van der Waals surface area contributed by atoms with E-state index in [1.165, 1.54) is 12.1 Å². The Kier molecular flexibility index (Phi) is 3.30. The lowest BCUT2D eigenvalue weighted by Gasteiger charge is -2.29. The maximum atomic E-state index is 13.2. The van der Waals surface area contributed by atoms with Crippen LogP contribution < -0.4 is 4.90 Å². The van der Waals surface area contributed by atoms with Crippen LogP contribution in [0.15, 0.2) is 59.3 Å². The minimum atomic E-state index is -0.336. The first-order chi connectivity index (χ1) is 14.2. The van der Waals surface area contributed by atoms with Crippen LogP contribution in [-0.4, -0.2) is 36.0 Å². The van der Waals surface area contributed by atoms with Crippen LogP contribution in [0, 0.1) is 5.82 Å². The molecular formula is C19H11ClFN7O. The molecule has 0 atom stereocenters. The van der Waals surface area contributed by atoms with Gasteiger partial charge in [-0.05, 0) is 36.4 Å². The Bertz CT molecular complexity index is 1280. The van der Waals surface area contributed by atoms with Crippen LogP contribution in [0.1, 0.15) is 0 Å². The van der Waals surface area contributed by atoms with Gasteiger partial charge in [-0.25, -0.2) is 4.39 Å². The normalized spacial score (nSPS) is 14.5. The summed E-state index contributed by atoms with van der Waals surface area (Å²) in [5, 5.41) is 12.7. The zero-order valence-electron chi connectivity index (χ0n) is 14.7. The van der Waals surface area contributed by atoms with Crippen LogP contribution >= 0.6 is 11.8 Å². The van der Waals surface area contributed by atoms with Crippen molar-refractivity contribution in [1.29, 1.82) is 0 Å². The molecule has 0 fully saturated rings. The van der Waals surface area contributed by atoms with Crippen LogP contribution in [0.5, 0.6) is 0 Å². The van der Waals surface area contributed by atoms with E-state index in [-0.39, 0.29) is 17.5 Å². The molecule has 2 aliphatic heterocycles. The molecule has 142 valence electrons. The van der Waals surface area contributed by atoms with Crippen molar-refractivity contribution in [3.8, 4) is 34.5 Å². The van der Waals surface area contributed by atoms with Crippen molar-refractivity contribution >= 4 is 23.3 Å². The fourth-order valence-corrected chi connectivity index (χ4v) is 3.76. The number of hydrogen-bond donors (Lipinski definition) is 0. The van der Waals surface area contributed by atoms with E-state index in [1.807, 2.05) is 28.8 Å². The summed E-state index contributed by atoms with van der Waals surface area (Å²) in [6, 6.07) is 13.7. The molecule has 0 radical (unpaired) electrons. The SMILES string of the molecule is Fc1ccc(-c2nc(-c3nnc4n3C3=CN(Cl)CN3c3ccccc3-4)no2)cc1. The third-order valence-corrected chi connectivity index (χ3v) is 5.06. The Hall–Kier alpha value is -3.72. The summed E-state index contributed by atoms with van der Waals surface area (Å²) in [6.45, 7) is 0.484. The number of fused-ring (bicyclic) bond motifs is 6. The Labute approximate surface area is 168 Å². The second-order valence-electron chi connectivity index (χ2n) is 6.59. The third kappa shape index (κ3) is 2.37. The highest BCUT2D eigenvalue weighted by atomic mass is 35.5. The quantitative estimate of drug-likeness (QED) is 0.468. The molecule has 0 aliphatic carbocycles. The predicted octanol–water partition coefficient (Wildman–Crippen LogP) is 3.80. The summed E-state index contributed by atoms with van der Waals surface area (Å²) < 4.78 is 22.0. The summed E-state index contributed by atoms with van der Waals surface area (Å²) in [5.74, 6) is 2.09. The Morgan fingerprint density at radius 3 is 2.66 bits per heavy atom. The highest BCUT2D eigenvalue weighted by molar-refractivity contribution is 6.15. The predicted molar refractivity (Wildman–Crippen MR) is 103 cm³/mol. The number of nitrogens with zero attached hydrogens (tertiary/aromatic N) is 7. The van der Waals surface area contributed by atoms with E-state index >= 15 is 0 Å². The molecule has 6 rings (SSSR count). The monoisotopic (exact) mass is 407 g/mol. The van der Waals surface area contributed by atoms with Crippen LogP contribution in [-0.2, 0) is 0 Å². The molecule has 29 heavy (non-hydrogen) atoms. The van der Waals surface area contributed by atoms with E-state index in [4.69, 9.17) is 16.3 Å². The molecule has 8 nitrogen and oxygen atoms in total. The zero-order chi connectivity index (χ0) is 19.5. The molecule has 0 unspecified atom stereocenters. The molecule has 4 heterocycles. The van der Waals surface area contributed by atoms with Crippen LogP contribution in [0.3, 0.4) is 0 Å². The summed E-state index contributed by atoms with van der Waals surface area (Å²) >= 11 is 6.26. The van der Waals surface area contributed by atoms with Gasteiger partial charge >= 0.3 is 0 Å². The molecule has 0 amide bonds. The molecule has 0 N–H and O–H groups in total. The molecule has 2 aromatic carbocycles. The van der Waals surface area contributed by atoms with Crippen molar-refractivity contribution in [2.45, 2.75) is 0 Å². The lowest BCUT2D eigenvalue weighted by molar-refractivity contribution is 0.431. The van der Waals surface area contributed by atoms with Gasteiger partial charge in [0.25, 0.3) is 5.89 Å². The summed E-state index contributed by atoms with van der Waals surface area (Å²) in [4.78, 5) is 6.49. The van der Waals surface area contributed by atoms with Crippen LogP contribution in [0.2, 0.25) is 0 Å². The maximum absolute atomic E-state index is 13.2. The summed E-state index contributed by atoms with van der Waals surface area (Å²) in [5.41, 5.74) is 2.54. The van der Waals surface area contributed by atoms with E-state index in [0.29, 0.717) is 23.9 Å². The Balaban J connectivity index is 1.51. The number of benzene rings is 2. The van der Waals surface area contributed by atoms with Gasteiger partial charge in [0.05, 0.1) is 11.9 Å². The van der Waals surface area contributed by atoms with E-state index in [2.05, 4.69) is 25.2 Å². The van der Waals surface area contributed by atoms with Gasteiger partial charge in [0.2, 0.25) is 11.6 Å². The maximum Gasteiger partial charge on any atom is 0.258 e. The molecule has 0 bridgehead atoms. The molecular weight excluding hydrogens is 397 g/mol. The number of para-hydroxylation sites is 1. The number of halogens is 2. The Morgan fingerprint density at radius 2 is 1.79 bits per heavy atom. The van der Waals surface area contributed by atoms with Crippen LogP contribution in [0.25, 0.3) is 40.3 Å². The van der Waals surface area contributed by atoms with Crippen molar-refractivity contribution in [1.82, 2.24) is 29.3 Å². The first-order valence-electron chi connectivity index (χ1n) is 8.76. The van der Waals surface area contributed by atoms with Crippen molar-refractivity contribution in [3.05, 3.63) is 60.5 Å². The fourth-order valence-electron chi connectivity index (χ4n) is 3.56. The highest BCUT2D eigenvalue weighted by Gasteiger charge is 2.35. The van der Waals surface area contributed by atoms with Crippen LogP contribution in [0.4, 0.5) is 10.1 Å². The average molecular weight is 408 g/mol. The van der Waals surface area contributed by atoms with Crippen molar-refractivity contribution in [2.75, 3.05) is 11.6 Å². The lowest BCUT2D eigenvalue weighted by atomic mass is 10.1. The first-order valence-corrected chi connectivity index (χ1v) is 9.10. The van der Waals surface area contributed by atoms with Crippen molar-refractivity contribution in [3.63, 3.8) is 0 Å². The number of anilines is 1. The van der Waals surface area contributed by atoms with E-state index in [9.17, 15) is 4.39 Å². The smallest absolute Gasteiger partial charge is 0.258 e. The van der Waals surface area contributed by atoms with Gasteiger partial charge in [0.1, 0.15) is 18.3 Å². The van der Waals surface area contributed by atoms with Gasteiger partial charge in [-0.3, -0.25) is 8.99 Å². The minimum absolute atomic E-state index is 0.268. The second-order valence-corrected chi connectivity index (χ2v) is 7.02. The fraction of sp³-hybridized carbons (Fsp3) is 0.0526. The van der Waals surface area contributed by atoms with Gasteiger partial charge in [0, 0.05) is 22.9 Å². The summed E-state index contributed by atoms with van der Waals surface area (Å²) in [6.07, 6.45) is 1.80. The molecule has 0 saturated heterocycles. The standard InChI is InChI=1S/C19H11ClFN7O/c20-26-9-15-27(10-26)14-4-2-1-3-13(14)17-23-24-18(28(15)17)16-22-19(29-25-16)11-5-7-12(21)8-6-11/h1-9H,10H2. The molecule has 0 saturated carbocycles. The average Bonchev–Trinajstić information content (AvgIpc) is 3.45. The van der Waals surface area contributed by atoms with Gasteiger partial charge in [0.15, 0.2) is 5.82 Å². The minimum Gasteiger partial charge on any atom is -0.333 e. The van der Waals surface area contributed by atoms with Gasteiger partial charge in [-0.15, -0.1) is 10.2 Å². The van der Waals surface area contributed by atoms with E-state index in [1.54, 1.807) is 22.8 Å². The summed E-state index contributed by atoms with van der Waals surface area (Å²) in [7, 11) is 0. The topological polar surface area (TPSA) is 76.1 Å². The molecule has 4 aromatic rings. The number of hydrogen-bond acceptors (Lipinski definition) is 7. The molecule has 0 spiro atoms. The van der Waals surface area contributed by atoms with E-state index < -0.39 is 0 Å². The van der Waals surface area contributed by atoms with Crippen molar-refractivity contribution < 1.29 is 8.91 Å². The molecule has 10 heteroatoms. The molecule has 2 aromatic heterocycles. The van der Waals surface area contributed by atoms with E-state index in [0.717, 1.165) is 17.1 Å².